The number of hydrogen-bond acceptors (Lipinski definition) is 7. The number of para-hydroxylation sites is 1. The summed E-state index contributed by atoms with van der Waals surface area (Å²) in [5.41, 5.74) is 1.63. The number of nitrogens with zero attached hydrogens (tertiary/aromatic N) is 3. The van der Waals surface area contributed by atoms with E-state index in [2.05, 4.69) is 27.0 Å². The Morgan fingerprint density at radius 1 is 1.12 bits per heavy atom. The molecule has 0 radical (unpaired) electrons. The second kappa shape index (κ2) is 9.05. The van der Waals surface area contributed by atoms with Crippen molar-refractivity contribution in [2.45, 2.75) is 23.8 Å². The summed E-state index contributed by atoms with van der Waals surface area (Å²) in [5.74, 6) is 2.02. The average Bonchev–Trinajstić information content (AvgIpc) is 3.56. The van der Waals surface area contributed by atoms with Crippen molar-refractivity contribution in [2.24, 2.45) is 0 Å². The first-order chi connectivity index (χ1) is 15.7. The maximum Gasteiger partial charge on any atom is 0.237 e. The molecule has 4 aromatic rings. The molecule has 32 heavy (non-hydrogen) atoms. The first-order valence-corrected chi connectivity index (χ1v) is 11.8. The first kappa shape index (κ1) is 20.6. The summed E-state index contributed by atoms with van der Waals surface area (Å²) in [4.78, 5) is 14.1. The molecular formula is C23H20N4O3S2. The molecule has 162 valence electrons. The number of carbonyl (C=O) groups excluding carboxylic acids is 1. The number of rotatable bonds is 7. The van der Waals surface area contributed by atoms with Gasteiger partial charge in [0, 0.05) is 28.7 Å². The van der Waals surface area contributed by atoms with Gasteiger partial charge >= 0.3 is 0 Å². The smallest absolute Gasteiger partial charge is 0.237 e. The fourth-order valence-corrected chi connectivity index (χ4v) is 4.91. The van der Waals surface area contributed by atoms with Gasteiger partial charge in [0.1, 0.15) is 5.82 Å². The molecule has 0 saturated heterocycles. The zero-order valence-electron chi connectivity index (χ0n) is 17.2. The minimum Gasteiger partial charge on any atom is -0.454 e. The summed E-state index contributed by atoms with van der Waals surface area (Å²) in [6.07, 6.45) is 0.678. The highest BCUT2D eigenvalue weighted by molar-refractivity contribution is 8.00. The van der Waals surface area contributed by atoms with Crippen molar-refractivity contribution in [1.29, 1.82) is 0 Å². The normalized spacial score (nSPS) is 13.2. The van der Waals surface area contributed by atoms with E-state index in [1.165, 1.54) is 16.6 Å². The van der Waals surface area contributed by atoms with Crippen LogP contribution < -0.4 is 14.8 Å². The van der Waals surface area contributed by atoms with E-state index < -0.39 is 0 Å². The van der Waals surface area contributed by atoms with E-state index >= 15 is 0 Å². The predicted octanol–water partition coefficient (Wildman–Crippen LogP) is 4.77. The maximum absolute atomic E-state index is 12.9. The molecule has 5 rings (SSSR count). The monoisotopic (exact) mass is 464 g/mol. The van der Waals surface area contributed by atoms with Crippen LogP contribution in [0.1, 0.15) is 17.6 Å². The molecule has 2 aromatic heterocycles. The summed E-state index contributed by atoms with van der Waals surface area (Å²) in [6, 6.07) is 19.4. The number of anilines is 1. The number of nitrogens with one attached hydrogen (secondary N) is 1. The van der Waals surface area contributed by atoms with Crippen LogP contribution in [0.25, 0.3) is 5.69 Å². The molecule has 0 spiro atoms. The molecule has 0 aliphatic carbocycles. The standard InChI is InChI=1S/C23H20N4O3S2/c1-15(22(28)24-16-9-10-19-20(12-16)30-14-29-19)32-23-26-25-21(13-18-8-5-11-31-18)27(23)17-6-3-2-4-7-17/h2-12,15H,13-14H2,1H3,(H,24,28)/t15-/m0/s1. The molecule has 3 heterocycles. The van der Waals surface area contributed by atoms with Gasteiger partial charge in [0.15, 0.2) is 16.7 Å². The fraction of sp³-hybridized carbons (Fsp3) is 0.174. The molecule has 0 fully saturated rings. The Hall–Kier alpha value is -3.30. The van der Waals surface area contributed by atoms with Gasteiger partial charge in [0.25, 0.3) is 0 Å². The molecule has 0 bridgehead atoms. The van der Waals surface area contributed by atoms with Gasteiger partial charge in [0.05, 0.1) is 5.25 Å². The van der Waals surface area contributed by atoms with Crippen LogP contribution in [0.3, 0.4) is 0 Å². The minimum absolute atomic E-state index is 0.128. The lowest BCUT2D eigenvalue weighted by molar-refractivity contribution is -0.115. The van der Waals surface area contributed by atoms with Crippen LogP contribution in [0.4, 0.5) is 5.69 Å². The Kier molecular flexibility index (Phi) is 5.83. The third kappa shape index (κ3) is 4.35. The molecule has 7 nitrogen and oxygen atoms in total. The van der Waals surface area contributed by atoms with Gasteiger partial charge in [-0.25, -0.2) is 0 Å². The highest BCUT2D eigenvalue weighted by atomic mass is 32.2. The Labute approximate surface area is 193 Å². The zero-order chi connectivity index (χ0) is 21.9. The third-order valence-corrected chi connectivity index (χ3v) is 6.84. The van der Waals surface area contributed by atoms with Crippen LogP contribution in [-0.4, -0.2) is 32.7 Å². The fourth-order valence-electron chi connectivity index (χ4n) is 3.33. The Morgan fingerprint density at radius 2 is 1.97 bits per heavy atom. The predicted molar refractivity (Wildman–Crippen MR) is 125 cm³/mol. The number of thioether (sulfide) groups is 1. The van der Waals surface area contributed by atoms with Gasteiger partial charge in [-0.1, -0.05) is 36.0 Å². The van der Waals surface area contributed by atoms with Crippen LogP contribution >= 0.6 is 23.1 Å². The molecule has 1 atom stereocenters. The van der Waals surface area contributed by atoms with E-state index in [-0.39, 0.29) is 18.0 Å². The lowest BCUT2D eigenvalue weighted by atomic mass is 10.2. The van der Waals surface area contributed by atoms with Crippen LogP contribution in [0.2, 0.25) is 0 Å². The molecule has 0 saturated carbocycles. The summed E-state index contributed by atoms with van der Waals surface area (Å²) in [7, 11) is 0. The maximum atomic E-state index is 12.9. The molecule has 0 unspecified atom stereocenters. The molecule has 1 N–H and O–H groups in total. The van der Waals surface area contributed by atoms with Crippen LogP contribution in [-0.2, 0) is 11.2 Å². The average molecular weight is 465 g/mol. The number of fused-ring (bicyclic) bond motifs is 1. The molecule has 2 aromatic carbocycles. The van der Waals surface area contributed by atoms with Crippen molar-refractivity contribution in [3.63, 3.8) is 0 Å². The number of aromatic nitrogens is 3. The van der Waals surface area contributed by atoms with Gasteiger partial charge < -0.3 is 14.8 Å². The Balaban J connectivity index is 1.36. The van der Waals surface area contributed by atoms with Crippen LogP contribution in [0, 0.1) is 0 Å². The summed E-state index contributed by atoms with van der Waals surface area (Å²) in [5, 5.41) is 14.1. The second-order valence-electron chi connectivity index (χ2n) is 7.14. The van der Waals surface area contributed by atoms with E-state index in [4.69, 9.17) is 9.47 Å². The van der Waals surface area contributed by atoms with Gasteiger partial charge in [-0.3, -0.25) is 9.36 Å². The quantitative estimate of drug-likeness (QED) is 0.397. The van der Waals surface area contributed by atoms with Crippen LogP contribution in [0.5, 0.6) is 11.5 Å². The zero-order valence-corrected chi connectivity index (χ0v) is 18.9. The largest absolute Gasteiger partial charge is 0.454 e. The SMILES string of the molecule is C[C@H](Sc1nnc(Cc2cccs2)n1-c1ccccc1)C(=O)Nc1ccc2c(c1)OCO2. The summed E-state index contributed by atoms with van der Waals surface area (Å²) in [6.45, 7) is 2.05. The van der Waals surface area contributed by atoms with Crippen molar-refractivity contribution in [1.82, 2.24) is 14.8 Å². The van der Waals surface area contributed by atoms with Gasteiger partial charge in [-0.2, -0.15) is 0 Å². The van der Waals surface area contributed by atoms with Crippen LogP contribution in [0.15, 0.2) is 71.2 Å². The van der Waals surface area contributed by atoms with E-state index in [1.54, 1.807) is 29.5 Å². The number of hydrogen-bond donors (Lipinski definition) is 1. The number of benzene rings is 2. The van der Waals surface area contributed by atoms with E-state index in [9.17, 15) is 4.79 Å². The lowest BCUT2D eigenvalue weighted by Gasteiger charge is -2.14. The van der Waals surface area contributed by atoms with Crippen molar-refractivity contribution < 1.29 is 14.3 Å². The van der Waals surface area contributed by atoms with Crippen molar-refractivity contribution >= 4 is 34.7 Å². The minimum atomic E-state index is -0.387. The summed E-state index contributed by atoms with van der Waals surface area (Å²) < 4.78 is 12.7. The molecular weight excluding hydrogens is 444 g/mol. The summed E-state index contributed by atoms with van der Waals surface area (Å²) >= 11 is 3.06. The lowest BCUT2D eigenvalue weighted by Crippen LogP contribution is -2.23. The number of carbonyl (C=O) groups is 1. The van der Waals surface area contributed by atoms with Gasteiger partial charge in [-0.15, -0.1) is 21.5 Å². The Morgan fingerprint density at radius 3 is 2.78 bits per heavy atom. The van der Waals surface area contributed by atoms with Gasteiger partial charge in [0.2, 0.25) is 12.7 Å². The molecule has 1 amide bonds. The van der Waals surface area contributed by atoms with Gasteiger partial charge in [-0.05, 0) is 42.6 Å². The Bertz CT molecular complexity index is 1230. The van der Waals surface area contributed by atoms with Crippen molar-refractivity contribution in [3.05, 3.63) is 76.7 Å². The topological polar surface area (TPSA) is 78.3 Å². The third-order valence-electron chi connectivity index (χ3n) is 4.92. The van der Waals surface area contributed by atoms with Crippen molar-refractivity contribution in [2.75, 3.05) is 12.1 Å². The van der Waals surface area contributed by atoms with E-state index in [0.29, 0.717) is 28.8 Å². The molecule has 1 aliphatic heterocycles. The highest BCUT2D eigenvalue weighted by Crippen LogP contribution is 2.34. The van der Waals surface area contributed by atoms with E-state index in [1.807, 2.05) is 47.9 Å². The van der Waals surface area contributed by atoms with Crippen molar-refractivity contribution in [3.8, 4) is 17.2 Å². The first-order valence-electron chi connectivity index (χ1n) is 10.1. The molecule has 9 heteroatoms. The van der Waals surface area contributed by atoms with E-state index in [0.717, 1.165) is 11.5 Å². The number of ether oxygens (including phenoxy) is 2. The number of amides is 1. The highest BCUT2D eigenvalue weighted by Gasteiger charge is 2.22. The number of thiophene rings is 1. The molecule has 1 aliphatic rings. The second-order valence-corrected chi connectivity index (χ2v) is 9.48.